The van der Waals surface area contributed by atoms with Crippen LogP contribution in [0.1, 0.15) is 6.42 Å². The molecule has 19 heavy (non-hydrogen) atoms. The number of anilines is 1. The van der Waals surface area contributed by atoms with Crippen molar-refractivity contribution in [1.82, 2.24) is 4.98 Å². The van der Waals surface area contributed by atoms with E-state index in [0.717, 1.165) is 22.2 Å². The fourth-order valence-corrected chi connectivity index (χ4v) is 2.98. The molecule has 0 bridgehead atoms. The van der Waals surface area contributed by atoms with Crippen molar-refractivity contribution in [2.75, 3.05) is 18.1 Å². The highest BCUT2D eigenvalue weighted by Gasteiger charge is 2.23. The van der Waals surface area contributed by atoms with Gasteiger partial charge in [0.1, 0.15) is 0 Å². The minimum Gasteiger partial charge on any atom is -0.449 e. The second-order valence-corrected chi connectivity index (χ2v) is 5.89. The molecule has 4 nitrogen and oxygen atoms in total. The Kier molecular flexibility index (Phi) is 3.52. The van der Waals surface area contributed by atoms with Crippen LogP contribution in [0.4, 0.5) is 9.93 Å². The molecule has 0 N–H and O–H groups in total. The van der Waals surface area contributed by atoms with Gasteiger partial charge >= 0.3 is 6.09 Å². The van der Waals surface area contributed by atoms with Crippen molar-refractivity contribution in [2.24, 2.45) is 0 Å². The minimum atomic E-state index is -0.303. The third-order valence-electron chi connectivity index (χ3n) is 2.83. The summed E-state index contributed by atoms with van der Waals surface area (Å²) in [7, 11) is 0. The van der Waals surface area contributed by atoms with E-state index < -0.39 is 0 Å². The molecule has 3 rings (SSSR count). The summed E-state index contributed by atoms with van der Waals surface area (Å²) in [5.41, 5.74) is 1.92. The molecule has 0 spiro atoms. The Morgan fingerprint density at radius 2 is 2.11 bits per heavy atom. The van der Waals surface area contributed by atoms with Gasteiger partial charge in [0, 0.05) is 22.0 Å². The monoisotopic (exact) mass is 338 g/mol. The highest BCUT2D eigenvalue weighted by Crippen LogP contribution is 2.29. The quantitative estimate of drug-likeness (QED) is 0.833. The summed E-state index contributed by atoms with van der Waals surface area (Å²) in [4.78, 5) is 17.8. The molecule has 1 saturated heterocycles. The van der Waals surface area contributed by atoms with Crippen molar-refractivity contribution in [2.45, 2.75) is 6.42 Å². The zero-order chi connectivity index (χ0) is 13.2. The summed E-state index contributed by atoms with van der Waals surface area (Å²) in [6.45, 7) is 1.17. The van der Waals surface area contributed by atoms with Gasteiger partial charge in [0.2, 0.25) is 0 Å². The molecule has 1 aliphatic rings. The van der Waals surface area contributed by atoms with Crippen LogP contribution in [0, 0.1) is 0 Å². The Hall–Kier alpha value is -1.40. The van der Waals surface area contributed by atoms with E-state index in [4.69, 9.17) is 4.74 Å². The zero-order valence-corrected chi connectivity index (χ0v) is 12.4. The molecule has 0 unspecified atom stereocenters. The number of benzene rings is 1. The predicted molar refractivity (Wildman–Crippen MR) is 78.6 cm³/mol. The smallest absolute Gasteiger partial charge is 0.416 e. The van der Waals surface area contributed by atoms with Crippen molar-refractivity contribution in [3.8, 4) is 11.3 Å². The second kappa shape index (κ2) is 5.30. The molecule has 6 heteroatoms. The Balaban J connectivity index is 1.86. The SMILES string of the molecule is O=C1OCCCN1c1nc(-c2ccc(Br)cc2)cs1. The molecule has 1 aliphatic heterocycles. The summed E-state index contributed by atoms with van der Waals surface area (Å²) in [5.74, 6) is 0. The number of ether oxygens (including phenoxy) is 1. The van der Waals surface area contributed by atoms with Gasteiger partial charge in [0.15, 0.2) is 5.13 Å². The van der Waals surface area contributed by atoms with Crippen molar-refractivity contribution in [1.29, 1.82) is 0 Å². The molecule has 1 amide bonds. The normalized spacial score (nSPS) is 15.4. The van der Waals surface area contributed by atoms with Crippen LogP contribution in [0.3, 0.4) is 0 Å². The van der Waals surface area contributed by atoms with Crippen LogP contribution >= 0.6 is 27.3 Å². The van der Waals surface area contributed by atoms with E-state index in [-0.39, 0.29) is 6.09 Å². The summed E-state index contributed by atoms with van der Waals surface area (Å²) < 4.78 is 6.06. The number of amides is 1. The molecule has 1 fully saturated rings. The number of rotatable bonds is 2. The predicted octanol–water partition coefficient (Wildman–Crippen LogP) is 3.92. The fourth-order valence-electron chi connectivity index (χ4n) is 1.87. The first-order chi connectivity index (χ1) is 9.24. The van der Waals surface area contributed by atoms with Gasteiger partial charge in [-0.2, -0.15) is 0 Å². The number of hydrogen-bond acceptors (Lipinski definition) is 4. The largest absolute Gasteiger partial charge is 0.449 e. The maximum absolute atomic E-state index is 11.6. The van der Waals surface area contributed by atoms with Crippen LogP contribution in [-0.4, -0.2) is 24.2 Å². The highest BCUT2D eigenvalue weighted by atomic mass is 79.9. The Morgan fingerprint density at radius 1 is 1.32 bits per heavy atom. The number of halogens is 1. The van der Waals surface area contributed by atoms with Gasteiger partial charge in [-0.1, -0.05) is 28.1 Å². The number of thiazole rings is 1. The third-order valence-corrected chi connectivity index (χ3v) is 4.23. The van der Waals surface area contributed by atoms with Crippen molar-refractivity contribution < 1.29 is 9.53 Å². The first kappa shape index (κ1) is 12.6. The van der Waals surface area contributed by atoms with Crippen molar-refractivity contribution in [3.63, 3.8) is 0 Å². The maximum atomic E-state index is 11.6. The molecular formula is C13H11BrN2O2S. The molecule has 98 valence electrons. The van der Waals surface area contributed by atoms with Gasteiger partial charge in [0.25, 0.3) is 0 Å². The van der Waals surface area contributed by atoms with E-state index in [1.165, 1.54) is 11.3 Å². The second-order valence-electron chi connectivity index (χ2n) is 4.14. The lowest BCUT2D eigenvalue weighted by molar-refractivity contribution is 0.140. The minimum absolute atomic E-state index is 0.303. The summed E-state index contributed by atoms with van der Waals surface area (Å²) in [6, 6.07) is 7.95. The number of nitrogens with zero attached hydrogens (tertiary/aromatic N) is 2. The van der Waals surface area contributed by atoms with Crippen LogP contribution < -0.4 is 4.90 Å². The Bertz CT molecular complexity index is 597. The van der Waals surface area contributed by atoms with E-state index in [1.54, 1.807) is 4.90 Å². The average Bonchev–Trinajstić information content (AvgIpc) is 2.89. The number of hydrogen-bond donors (Lipinski definition) is 0. The number of carbonyl (C=O) groups excluding carboxylic acids is 1. The first-order valence-corrected chi connectivity index (χ1v) is 7.57. The molecule has 0 aliphatic carbocycles. The van der Waals surface area contributed by atoms with Crippen LogP contribution in [0.25, 0.3) is 11.3 Å². The van der Waals surface area contributed by atoms with Gasteiger partial charge < -0.3 is 4.74 Å². The van der Waals surface area contributed by atoms with E-state index in [9.17, 15) is 4.79 Å². The molecule has 1 aromatic carbocycles. The molecule has 2 heterocycles. The van der Waals surface area contributed by atoms with E-state index in [2.05, 4.69) is 20.9 Å². The molecule has 0 radical (unpaired) electrons. The van der Waals surface area contributed by atoms with Crippen LogP contribution in [0.2, 0.25) is 0 Å². The average molecular weight is 339 g/mol. The molecule has 2 aromatic rings. The third kappa shape index (κ3) is 2.64. The van der Waals surface area contributed by atoms with E-state index in [0.29, 0.717) is 18.3 Å². The topological polar surface area (TPSA) is 42.4 Å². The van der Waals surface area contributed by atoms with E-state index >= 15 is 0 Å². The van der Waals surface area contributed by atoms with Crippen molar-refractivity contribution >= 4 is 38.5 Å². The Morgan fingerprint density at radius 3 is 2.84 bits per heavy atom. The number of aromatic nitrogens is 1. The highest BCUT2D eigenvalue weighted by molar-refractivity contribution is 9.10. The van der Waals surface area contributed by atoms with Crippen LogP contribution in [-0.2, 0) is 4.74 Å². The van der Waals surface area contributed by atoms with E-state index in [1.807, 2.05) is 29.6 Å². The number of carbonyl (C=O) groups is 1. The van der Waals surface area contributed by atoms with Gasteiger partial charge in [-0.05, 0) is 18.6 Å². The lowest BCUT2D eigenvalue weighted by Crippen LogP contribution is -2.37. The zero-order valence-electron chi connectivity index (χ0n) is 10.0. The summed E-state index contributed by atoms with van der Waals surface area (Å²) >= 11 is 4.87. The molecule has 1 aromatic heterocycles. The lowest BCUT2D eigenvalue weighted by atomic mass is 10.2. The van der Waals surface area contributed by atoms with Gasteiger partial charge in [-0.15, -0.1) is 11.3 Å². The lowest BCUT2D eigenvalue weighted by Gasteiger charge is -2.23. The summed E-state index contributed by atoms with van der Waals surface area (Å²) in [6.07, 6.45) is 0.543. The molecule has 0 atom stereocenters. The first-order valence-electron chi connectivity index (χ1n) is 5.90. The van der Waals surface area contributed by atoms with Gasteiger partial charge in [0.05, 0.1) is 12.3 Å². The molecule has 0 saturated carbocycles. The standard InChI is InChI=1S/C13H11BrN2O2S/c14-10-4-2-9(3-5-10)11-8-19-12(15-11)16-6-1-7-18-13(16)17/h2-5,8H,1,6-7H2. The van der Waals surface area contributed by atoms with Gasteiger partial charge in [-0.3, -0.25) is 4.90 Å². The maximum Gasteiger partial charge on any atom is 0.416 e. The van der Waals surface area contributed by atoms with Crippen LogP contribution in [0.5, 0.6) is 0 Å². The summed E-state index contributed by atoms with van der Waals surface area (Å²) in [5, 5.41) is 2.66. The molecular weight excluding hydrogens is 328 g/mol. The Labute approximate surface area is 123 Å². The number of cyclic esters (lactones) is 1. The fraction of sp³-hybridized carbons (Fsp3) is 0.231. The van der Waals surface area contributed by atoms with Crippen LogP contribution in [0.15, 0.2) is 34.1 Å². The van der Waals surface area contributed by atoms with Crippen molar-refractivity contribution in [3.05, 3.63) is 34.1 Å². The van der Waals surface area contributed by atoms with Gasteiger partial charge in [-0.25, -0.2) is 9.78 Å².